The number of rotatable bonds is 3. The first-order valence-corrected chi connectivity index (χ1v) is 21.0. The SMILES string of the molecule is C[Si](O)(O)C1CCCCC1.Cc1cc2c(-c3ccc(C(C)(C)C)cc3)cccc2[cH-]1.Cc1cc2c(-c3ccc(C(C)(C)C)cc3)cccc2[cH-]1.[Cl-].[Cl-].[Zr+4]. The number of benzene rings is 4. The molecular weight excluding hydrogens is 787 g/mol. The fourth-order valence-corrected chi connectivity index (χ4v) is 8.72. The molecule has 0 amide bonds. The molecule has 6 heteroatoms. The first-order chi connectivity index (χ1) is 23.5. The third-order valence-electron chi connectivity index (χ3n) is 10.3. The summed E-state index contributed by atoms with van der Waals surface area (Å²) in [7, 11) is -2.76. The molecule has 0 spiro atoms. The Morgan fingerprint density at radius 1 is 0.566 bits per heavy atom. The number of hydrogen-bond donors (Lipinski definition) is 2. The smallest absolute Gasteiger partial charge is 1.00 e. The zero-order chi connectivity index (χ0) is 36.3. The zero-order valence-electron chi connectivity index (χ0n) is 33.2. The van der Waals surface area contributed by atoms with Crippen LogP contribution in [0, 0.1) is 13.8 Å². The Hall–Kier alpha value is -2.30. The molecule has 0 saturated heterocycles. The monoisotopic (exact) mass is 842 g/mol. The molecule has 280 valence electrons. The van der Waals surface area contributed by atoms with E-state index in [1.807, 2.05) is 0 Å². The van der Waals surface area contributed by atoms with E-state index in [2.05, 4.69) is 165 Å². The molecule has 0 aromatic heterocycles. The molecule has 0 bridgehead atoms. The van der Waals surface area contributed by atoms with Crippen molar-refractivity contribution in [1.82, 2.24) is 0 Å². The van der Waals surface area contributed by atoms with Gasteiger partial charge in [0.25, 0.3) is 0 Å². The molecule has 1 saturated carbocycles. The Balaban J connectivity index is 0.000000282. The minimum Gasteiger partial charge on any atom is -1.00 e. The second-order valence-electron chi connectivity index (χ2n) is 16.8. The minimum absolute atomic E-state index is 0. The number of fused-ring (bicyclic) bond motifs is 2. The molecular formula is C47H58Cl2O2SiZr. The molecule has 7 rings (SSSR count). The predicted molar refractivity (Wildman–Crippen MR) is 220 cm³/mol. The molecule has 0 aliphatic heterocycles. The van der Waals surface area contributed by atoms with Crippen molar-refractivity contribution in [3.8, 4) is 22.3 Å². The molecule has 0 radical (unpaired) electrons. The van der Waals surface area contributed by atoms with Crippen molar-refractivity contribution in [3.05, 3.63) is 131 Å². The fourth-order valence-electron chi connectivity index (χ4n) is 7.22. The Bertz CT molecular complexity index is 1860. The van der Waals surface area contributed by atoms with E-state index in [1.165, 1.54) is 85.3 Å². The van der Waals surface area contributed by atoms with Gasteiger partial charge in [-0.25, -0.2) is 0 Å². The minimum atomic E-state index is -2.76. The van der Waals surface area contributed by atoms with Crippen LogP contribution in [0.3, 0.4) is 0 Å². The normalized spacial score (nSPS) is 13.4. The maximum Gasteiger partial charge on any atom is 4.00 e. The summed E-state index contributed by atoms with van der Waals surface area (Å²) in [4.78, 5) is 18.7. The van der Waals surface area contributed by atoms with Gasteiger partial charge < -0.3 is 34.4 Å². The van der Waals surface area contributed by atoms with E-state index < -0.39 is 8.56 Å². The van der Waals surface area contributed by atoms with E-state index >= 15 is 0 Å². The molecule has 6 aromatic carbocycles. The quantitative estimate of drug-likeness (QED) is 0.148. The molecule has 53 heavy (non-hydrogen) atoms. The topological polar surface area (TPSA) is 40.5 Å². The van der Waals surface area contributed by atoms with Crippen molar-refractivity contribution in [3.63, 3.8) is 0 Å². The van der Waals surface area contributed by atoms with E-state index in [4.69, 9.17) is 0 Å². The van der Waals surface area contributed by atoms with Gasteiger partial charge in [0.2, 0.25) is 0 Å². The largest absolute Gasteiger partial charge is 4.00 e. The van der Waals surface area contributed by atoms with Gasteiger partial charge in [-0.3, -0.25) is 0 Å². The summed E-state index contributed by atoms with van der Waals surface area (Å²) in [6.45, 7) is 19.5. The number of aryl methyl sites for hydroxylation is 2. The summed E-state index contributed by atoms with van der Waals surface area (Å²) >= 11 is 0. The first-order valence-electron chi connectivity index (χ1n) is 18.5. The molecule has 1 fully saturated rings. The van der Waals surface area contributed by atoms with Gasteiger partial charge >= 0.3 is 34.8 Å². The average Bonchev–Trinajstić information content (AvgIpc) is 3.65. The third-order valence-corrected chi connectivity index (χ3v) is 12.4. The number of hydrogen-bond acceptors (Lipinski definition) is 2. The van der Waals surface area contributed by atoms with Crippen molar-refractivity contribution < 1.29 is 60.6 Å². The predicted octanol–water partition coefficient (Wildman–Crippen LogP) is 7.05. The van der Waals surface area contributed by atoms with Crippen LogP contribution in [-0.2, 0) is 37.0 Å². The summed E-state index contributed by atoms with van der Waals surface area (Å²) in [5.74, 6) is 0. The van der Waals surface area contributed by atoms with Crippen molar-refractivity contribution in [2.24, 2.45) is 0 Å². The van der Waals surface area contributed by atoms with Crippen molar-refractivity contribution in [2.45, 2.75) is 110 Å². The Kier molecular flexibility index (Phi) is 17.3. The Morgan fingerprint density at radius 2 is 0.925 bits per heavy atom. The van der Waals surface area contributed by atoms with Crippen molar-refractivity contribution in [1.29, 1.82) is 0 Å². The summed E-state index contributed by atoms with van der Waals surface area (Å²) < 4.78 is 0. The van der Waals surface area contributed by atoms with Gasteiger partial charge in [0.15, 0.2) is 0 Å². The van der Waals surface area contributed by atoms with Crippen LogP contribution in [0.4, 0.5) is 0 Å². The molecule has 2 nitrogen and oxygen atoms in total. The summed E-state index contributed by atoms with van der Waals surface area (Å²) in [6.07, 6.45) is 5.73. The van der Waals surface area contributed by atoms with Gasteiger partial charge in [-0.05, 0) is 52.5 Å². The number of halogens is 2. The summed E-state index contributed by atoms with van der Waals surface area (Å²) in [5.41, 5.74) is 11.4. The van der Waals surface area contributed by atoms with Gasteiger partial charge in [-0.15, -0.1) is 69.1 Å². The van der Waals surface area contributed by atoms with E-state index in [0.29, 0.717) is 0 Å². The maximum atomic E-state index is 9.34. The summed E-state index contributed by atoms with van der Waals surface area (Å²) in [5, 5.41) is 5.38. The average molecular weight is 845 g/mol. The van der Waals surface area contributed by atoms with Crippen LogP contribution in [0.15, 0.2) is 109 Å². The van der Waals surface area contributed by atoms with Crippen molar-refractivity contribution in [2.75, 3.05) is 0 Å². The summed E-state index contributed by atoms with van der Waals surface area (Å²) in [6, 6.07) is 40.2. The maximum absolute atomic E-state index is 9.34. The molecule has 6 aromatic rings. The Morgan fingerprint density at radius 3 is 1.23 bits per heavy atom. The third kappa shape index (κ3) is 12.3. The van der Waals surface area contributed by atoms with Gasteiger partial charge in [0, 0.05) is 5.54 Å². The van der Waals surface area contributed by atoms with Crippen LogP contribution in [0.2, 0.25) is 12.1 Å². The van der Waals surface area contributed by atoms with Crippen LogP contribution < -0.4 is 24.8 Å². The molecule has 1 aliphatic rings. The molecule has 2 N–H and O–H groups in total. The van der Waals surface area contributed by atoms with E-state index in [0.717, 1.165) is 12.8 Å². The second-order valence-corrected chi connectivity index (χ2v) is 19.8. The van der Waals surface area contributed by atoms with Gasteiger partial charge in [-0.2, -0.15) is 12.1 Å². The standard InChI is InChI=1S/2C20H21.C7H16O2Si.2ClH.Zr/c2*1-14-12-16-6-5-7-18(19(16)13-14)15-8-10-17(11-9-15)20(2,3)4;1-10(8,9)7-5-3-2-4-6-7;;;/h2*5-13H,1-4H3;7-9H,2-6H2,1H3;2*1H;/q2*-1;;;;+4/p-2. The van der Waals surface area contributed by atoms with E-state index in [9.17, 15) is 9.59 Å². The Labute approximate surface area is 352 Å². The molecule has 0 heterocycles. The molecule has 0 atom stereocenters. The van der Waals surface area contributed by atoms with Gasteiger partial charge in [0.05, 0.1) is 0 Å². The van der Waals surface area contributed by atoms with Crippen LogP contribution in [0.25, 0.3) is 43.8 Å². The molecule has 0 unspecified atom stereocenters. The second kappa shape index (κ2) is 19.5. The molecule has 1 aliphatic carbocycles. The van der Waals surface area contributed by atoms with Crippen LogP contribution in [0.5, 0.6) is 0 Å². The first kappa shape index (κ1) is 46.9. The van der Waals surface area contributed by atoms with Crippen LogP contribution >= 0.6 is 0 Å². The van der Waals surface area contributed by atoms with Crippen molar-refractivity contribution >= 4 is 30.1 Å². The van der Waals surface area contributed by atoms with E-state index in [1.54, 1.807) is 6.55 Å². The zero-order valence-corrected chi connectivity index (χ0v) is 38.1. The fraction of sp³-hybridized carbons (Fsp3) is 0.362. The van der Waals surface area contributed by atoms with Crippen LogP contribution in [0.1, 0.15) is 95.9 Å². The van der Waals surface area contributed by atoms with Gasteiger partial charge in [0.1, 0.15) is 0 Å². The van der Waals surface area contributed by atoms with E-state index in [-0.39, 0.29) is 67.4 Å². The van der Waals surface area contributed by atoms with Gasteiger partial charge in [-0.1, -0.05) is 146 Å². The van der Waals surface area contributed by atoms with Crippen LogP contribution in [-0.4, -0.2) is 18.2 Å².